The first kappa shape index (κ1) is 15.8. The Labute approximate surface area is 124 Å². The highest BCUT2D eigenvalue weighted by Crippen LogP contribution is 2.32. The van der Waals surface area contributed by atoms with Crippen molar-refractivity contribution in [2.45, 2.75) is 36.5 Å². The van der Waals surface area contributed by atoms with Crippen LogP contribution in [0.5, 0.6) is 0 Å². The van der Waals surface area contributed by atoms with Gasteiger partial charge in [0.2, 0.25) is 0 Å². The third-order valence-electron chi connectivity index (χ3n) is 3.98. The molecule has 1 fully saturated rings. The Hall–Kier alpha value is -0.620. The molecule has 0 bridgehead atoms. The van der Waals surface area contributed by atoms with Crippen LogP contribution in [-0.2, 0) is 9.84 Å². The minimum Gasteiger partial charge on any atom is -0.391 e. The van der Waals surface area contributed by atoms with Crippen LogP contribution in [0.1, 0.15) is 30.7 Å². The first-order valence-electron chi connectivity index (χ1n) is 6.81. The molecule has 1 saturated heterocycles. The molecule has 1 aromatic carbocycles. The predicted molar refractivity (Wildman–Crippen MR) is 80.7 cm³/mol. The molecule has 1 heterocycles. The minimum absolute atomic E-state index is 0.147. The molecule has 3 atom stereocenters. The van der Waals surface area contributed by atoms with Crippen LogP contribution >= 0.6 is 11.6 Å². The number of sulfone groups is 1. The molecule has 0 radical (unpaired) electrons. The van der Waals surface area contributed by atoms with Gasteiger partial charge >= 0.3 is 0 Å². The van der Waals surface area contributed by atoms with E-state index in [4.69, 9.17) is 17.3 Å². The van der Waals surface area contributed by atoms with Crippen molar-refractivity contribution in [3.8, 4) is 0 Å². The van der Waals surface area contributed by atoms with Crippen molar-refractivity contribution in [1.29, 1.82) is 0 Å². The molecule has 112 valence electrons. The summed E-state index contributed by atoms with van der Waals surface area (Å²) in [6.45, 7) is 0.164. The van der Waals surface area contributed by atoms with Crippen LogP contribution in [0.15, 0.2) is 24.3 Å². The Morgan fingerprint density at radius 2 is 2.05 bits per heavy atom. The Morgan fingerprint density at radius 1 is 1.35 bits per heavy atom. The van der Waals surface area contributed by atoms with Crippen molar-refractivity contribution in [3.05, 3.63) is 34.9 Å². The average Bonchev–Trinajstić information content (AvgIpc) is 2.41. The molecule has 1 aliphatic heterocycles. The topological polar surface area (TPSA) is 80.4 Å². The number of aliphatic hydroxyl groups is 1. The maximum Gasteiger partial charge on any atom is 0.155 e. The van der Waals surface area contributed by atoms with Crippen LogP contribution in [0, 0.1) is 0 Å². The number of nitrogens with two attached hydrogens (primary N) is 1. The van der Waals surface area contributed by atoms with E-state index in [1.165, 1.54) is 0 Å². The van der Waals surface area contributed by atoms with Crippen molar-refractivity contribution < 1.29 is 13.5 Å². The highest BCUT2D eigenvalue weighted by atomic mass is 35.5. The molecule has 0 saturated carbocycles. The Morgan fingerprint density at radius 3 is 2.65 bits per heavy atom. The molecule has 3 N–H and O–H groups in total. The monoisotopic (exact) mass is 317 g/mol. The van der Waals surface area contributed by atoms with Gasteiger partial charge in [0.15, 0.2) is 9.84 Å². The number of aliphatic hydroxyl groups excluding tert-OH is 1. The molecular weight excluding hydrogens is 298 g/mol. The molecule has 2 rings (SSSR count). The van der Waals surface area contributed by atoms with Gasteiger partial charge in [0.1, 0.15) is 0 Å². The van der Waals surface area contributed by atoms with Gasteiger partial charge in [0, 0.05) is 17.5 Å². The Balaban J connectivity index is 2.30. The lowest BCUT2D eigenvalue weighted by Crippen LogP contribution is -2.43. The molecule has 6 heteroatoms. The zero-order chi connectivity index (χ0) is 14.8. The molecule has 1 aliphatic rings. The van der Waals surface area contributed by atoms with E-state index in [1.54, 1.807) is 18.2 Å². The lowest BCUT2D eigenvalue weighted by atomic mass is 9.90. The molecule has 0 aromatic heterocycles. The zero-order valence-corrected chi connectivity index (χ0v) is 12.8. The fourth-order valence-corrected chi connectivity index (χ4v) is 5.17. The second-order valence-corrected chi connectivity index (χ2v) is 8.00. The van der Waals surface area contributed by atoms with Gasteiger partial charge in [0.05, 0.1) is 17.1 Å². The van der Waals surface area contributed by atoms with Crippen LogP contribution < -0.4 is 5.73 Å². The summed E-state index contributed by atoms with van der Waals surface area (Å²) >= 11 is 6.14. The molecule has 20 heavy (non-hydrogen) atoms. The fourth-order valence-electron chi connectivity index (χ4n) is 2.85. The summed E-state index contributed by atoms with van der Waals surface area (Å²) in [6, 6.07) is 7.12. The molecule has 0 spiro atoms. The summed E-state index contributed by atoms with van der Waals surface area (Å²) in [7, 11) is -3.25. The lowest BCUT2D eigenvalue weighted by molar-refractivity contribution is 0.133. The Kier molecular flexibility index (Phi) is 5.07. The second-order valence-electron chi connectivity index (χ2n) is 5.26. The number of hydrogen-bond acceptors (Lipinski definition) is 4. The summed E-state index contributed by atoms with van der Waals surface area (Å²) in [5.74, 6) is -0.310. The summed E-state index contributed by atoms with van der Waals surface area (Å²) < 4.78 is 24.3. The predicted octanol–water partition coefficient (Wildman–Crippen LogP) is 1.71. The maximum absolute atomic E-state index is 12.1. The minimum atomic E-state index is -3.25. The number of hydrogen-bond donors (Lipinski definition) is 2. The molecule has 1 aromatic rings. The first-order valence-corrected chi connectivity index (χ1v) is 8.91. The van der Waals surface area contributed by atoms with Crippen molar-refractivity contribution in [3.63, 3.8) is 0 Å². The van der Waals surface area contributed by atoms with Gasteiger partial charge in [-0.25, -0.2) is 8.42 Å². The highest BCUT2D eigenvalue weighted by Gasteiger charge is 2.39. The standard InChI is InChI=1S/C14H20ClNO3S/c15-12-6-2-1-5-10(12)11(9-16)14(17)13-7-3-4-8-20(13,18)19/h1-2,5-6,11,13-14,17H,3-4,7-9,16H2. The molecular formula is C14H20ClNO3S. The maximum atomic E-state index is 12.1. The van der Waals surface area contributed by atoms with E-state index < -0.39 is 27.1 Å². The van der Waals surface area contributed by atoms with Gasteiger partial charge in [-0.05, 0) is 24.5 Å². The molecule has 3 unspecified atom stereocenters. The van der Waals surface area contributed by atoms with E-state index in [9.17, 15) is 13.5 Å². The van der Waals surface area contributed by atoms with Crippen molar-refractivity contribution in [2.24, 2.45) is 5.73 Å². The Bertz CT molecular complexity index is 561. The fraction of sp³-hybridized carbons (Fsp3) is 0.571. The van der Waals surface area contributed by atoms with Crippen LogP contribution in [0.4, 0.5) is 0 Å². The van der Waals surface area contributed by atoms with Gasteiger partial charge in [0.25, 0.3) is 0 Å². The van der Waals surface area contributed by atoms with Gasteiger partial charge < -0.3 is 10.8 Å². The molecule has 0 aliphatic carbocycles. The van der Waals surface area contributed by atoms with E-state index in [2.05, 4.69) is 0 Å². The van der Waals surface area contributed by atoms with Crippen molar-refractivity contribution in [2.75, 3.05) is 12.3 Å². The highest BCUT2D eigenvalue weighted by molar-refractivity contribution is 7.92. The zero-order valence-electron chi connectivity index (χ0n) is 11.2. The first-order chi connectivity index (χ1) is 9.47. The van der Waals surface area contributed by atoms with Gasteiger partial charge in [-0.2, -0.15) is 0 Å². The molecule has 4 nitrogen and oxygen atoms in total. The molecule has 0 amide bonds. The van der Waals surface area contributed by atoms with Crippen LogP contribution in [0.3, 0.4) is 0 Å². The second kappa shape index (κ2) is 6.43. The summed E-state index contributed by atoms with van der Waals surface area (Å²) in [5.41, 5.74) is 6.47. The van der Waals surface area contributed by atoms with Crippen molar-refractivity contribution in [1.82, 2.24) is 0 Å². The van der Waals surface area contributed by atoms with E-state index in [0.717, 1.165) is 6.42 Å². The quantitative estimate of drug-likeness (QED) is 0.886. The van der Waals surface area contributed by atoms with E-state index in [0.29, 0.717) is 23.4 Å². The van der Waals surface area contributed by atoms with E-state index in [1.807, 2.05) is 6.07 Å². The number of rotatable bonds is 4. The SMILES string of the molecule is NCC(c1ccccc1Cl)C(O)C1CCCCS1(=O)=O. The largest absolute Gasteiger partial charge is 0.391 e. The number of benzene rings is 1. The van der Waals surface area contributed by atoms with Gasteiger partial charge in [-0.15, -0.1) is 0 Å². The summed E-state index contributed by atoms with van der Waals surface area (Å²) in [5, 5.41) is 10.3. The summed E-state index contributed by atoms with van der Waals surface area (Å²) in [6.07, 6.45) is 0.973. The third-order valence-corrected chi connectivity index (χ3v) is 6.62. The van der Waals surface area contributed by atoms with Crippen LogP contribution in [-0.4, -0.2) is 37.2 Å². The van der Waals surface area contributed by atoms with E-state index >= 15 is 0 Å². The third kappa shape index (κ3) is 3.17. The average molecular weight is 318 g/mol. The van der Waals surface area contributed by atoms with Crippen LogP contribution in [0.2, 0.25) is 5.02 Å². The van der Waals surface area contributed by atoms with Gasteiger partial charge in [-0.1, -0.05) is 36.2 Å². The number of halogens is 1. The smallest absolute Gasteiger partial charge is 0.155 e. The van der Waals surface area contributed by atoms with E-state index in [-0.39, 0.29) is 12.3 Å². The normalized spacial score (nSPS) is 25.1. The van der Waals surface area contributed by atoms with Crippen molar-refractivity contribution >= 4 is 21.4 Å². The van der Waals surface area contributed by atoms with Crippen LogP contribution in [0.25, 0.3) is 0 Å². The van der Waals surface area contributed by atoms with Gasteiger partial charge in [-0.3, -0.25) is 0 Å². The lowest BCUT2D eigenvalue weighted by Gasteiger charge is -2.32. The summed E-state index contributed by atoms with van der Waals surface area (Å²) in [4.78, 5) is 0.